The van der Waals surface area contributed by atoms with Crippen LogP contribution in [0.5, 0.6) is 5.75 Å². The van der Waals surface area contributed by atoms with Crippen LogP contribution in [0.1, 0.15) is 25.6 Å². The van der Waals surface area contributed by atoms with Gasteiger partial charge in [-0.25, -0.2) is 0 Å². The van der Waals surface area contributed by atoms with Gasteiger partial charge in [0.05, 0.1) is 18.8 Å². The van der Waals surface area contributed by atoms with Gasteiger partial charge in [0.1, 0.15) is 5.75 Å². The van der Waals surface area contributed by atoms with E-state index in [4.69, 9.17) is 16.3 Å². The van der Waals surface area contributed by atoms with Gasteiger partial charge in [-0.1, -0.05) is 0 Å². The number of alkyl halides is 1. The number of piperazine rings is 1. The Bertz CT molecular complexity index is 728. The highest BCUT2D eigenvalue weighted by Gasteiger charge is 2.22. The van der Waals surface area contributed by atoms with E-state index in [0.29, 0.717) is 25.5 Å². The second-order valence-corrected chi connectivity index (χ2v) is 6.76. The van der Waals surface area contributed by atoms with Crippen LogP contribution in [0, 0.1) is 0 Å². The quantitative estimate of drug-likeness (QED) is 0.637. The van der Waals surface area contributed by atoms with Gasteiger partial charge in [-0.15, -0.1) is 16.7 Å². The highest BCUT2D eigenvalue weighted by Crippen LogP contribution is 2.16. The third-order valence-corrected chi connectivity index (χ3v) is 4.81. The molecule has 1 aromatic heterocycles. The molecule has 146 valence electrons. The first-order valence-electron chi connectivity index (χ1n) is 9.28. The van der Waals surface area contributed by atoms with Gasteiger partial charge in [-0.2, -0.15) is 4.68 Å². The molecule has 1 aliphatic rings. The van der Waals surface area contributed by atoms with E-state index in [9.17, 15) is 4.79 Å². The van der Waals surface area contributed by atoms with Gasteiger partial charge in [0.25, 0.3) is 0 Å². The van der Waals surface area contributed by atoms with Crippen molar-refractivity contribution in [3.63, 3.8) is 0 Å². The van der Waals surface area contributed by atoms with E-state index in [2.05, 4.69) is 20.4 Å². The van der Waals surface area contributed by atoms with Crippen molar-refractivity contribution in [2.75, 3.05) is 38.7 Å². The van der Waals surface area contributed by atoms with E-state index in [-0.39, 0.29) is 5.91 Å². The molecule has 0 unspecified atom stereocenters. The molecule has 0 radical (unpaired) electrons. The molecule has 1 aromatic carbocycles. The summed E-state index contributed by atoms with van der Waals surface area (Å²) in [5, 5.41) is 12.1. The van der Waals surface area contributed by atoms with Crippen LogP contribution >= 0.6 is 11.6 Å². The minimum Gasteiger partial charge on any atom is -0.494 e. The number of tetrazole rings is 1. The van der Waals surface area contributed by atoms with Crippen LogP contribution in [0.15, 0.2) is 24.3 Å². The predicted octanol–water partition coefficient (Wildman–Crippen LogP) is 1.72. The van der Waals surface area contributed by atoms with Crippen molar-refractivity contribution in [1.82, 2.24) is 30.0 Å². The lowest BCUT2D eigenvalue weighted by Crippen LogP contribution is -2.48. The standard InChI is InChI=1S/C18H25ClN6O2/c1-2-27-16-7-5-15(6-8-16)25-17(20-21-22-25)14-23-10-12-24(13-11-23)18(26)4-3-9-19/h5-8H,2-4,9-14H2,1H3. The predicted molar refractivity (Wildman–Crippen MR) is 102 cm³/mol. The molecule has 1 amide bonds. The minimum atomic E-state index is 0.189. The van der Waals surface area contributed by atoms with Gasteiger partial charge in [0.15, 0.2) is 5.82 Å². The number of amides is 1. The number of nitrogens with zero attached hydrogens (tertiary/aromatic N) is 6. The molecule has 0 saturated carbocycles. The summed E-state index contributed by atoms with van der Waals surface area (Å²) in [5.41, 5.74) is 0.897. The Labute approximate surface area is 164 Å². The number of ether oxygens (including phenoxy) is 1. The SMILES string of the molecule is CCOc1ccc(-n2nnnc2CN2CCN(C(=O)CCCCl)CC2)cc1. The fourth-order valence-electron chi connectivity index (χ4n) is 3.09. The summed E-state index contributed by atoms with van der Waals surface area (Å²) in [6.07, 6.45) is 1.26. The number of carbonyl (C=O) groups excluding carboxylic acids is 1. The van der Waals surface area contributed by atoms with Crippen LogP contribution in [0.2, 0.25) is 0 Å². The number of carbonyl (C=O) groups is 1. The largest absolute Gasteiger partial charge is 0.494 e. The lowest BCUT2D eigenvalue weighted by Gasteiger charge is -2.34. The van der Waals surface area contributed by atoms with Crippen LogP contribution in [0.25, 0.3) is 5.69 Å². The third kappa shape index (κ3) is 5.17. The Balaban J connectivity index is 1.57. The zero-order valence-corrected chi connectivity index (χ0v) is 16.3. The third-order valence-electron chi connectivity index (χ3n) is 4.54. The summed E-state index contributed by atoms with van der Waals surface area (Å²) >= 11 is 5.67. The topological polar surface area (TPSA) is 76.4 Å². The molecule has 0 aliphatic carbocycles. The lowest BCUT2D eigenvalue weighted by molar-refractivity contribution is -0.133. The van der Waals surface area contributed by atoms with Gasteiger partial charge in [0, 0.05) is 38.5 Å². The molecule has 8 nitrogen and oxygen atoms in total. The maximum Gasteiger partial charge on any atom is 0.222 e. The molecule has 3 rings (SSSR count). The van der Waals surface area contributed by atoms with Crippen molar-refractivity contribution < 1.29 is 9.53 Å². The van der Waals surface area contributed by atoms with Crippen molar-refractivity contribution >= 4 is 17.5 Å². The first-order chi connectivity index (χ1) is 13.2. The number of hydrogen-bond acceptors (Lipinski definition) is 6. The van der Waals surface area contributed by atoms with Crippen molar-refractivity contribution in [2.24, 2.45) is 0 Å². The van der Waals surface area contributed by atoms with Crippen LogP contribution in [-0.2, 0) is 11.3 Å². The summed E-state index contributed by atoms with van der Waals surface area (Å²) in [5.74, 6) is 2.32. The smallest absolute Gasteiger partial charge is 0.222 e. The highest BCUT2D eigenvalue weighted by molar-refractivity contribution is 6.17. The Morgan fingerprint density at radius 3 is 2.59 bits per heavy atom. The van der Waals surface area contributed by atoms with Gasteiger partial charge in [-0.3, -0.25) is 9.69 Å². The minimum absolute atomic E-state index is 0.189. The van der Waals surface area contributed by atoms with Gasteiger partial charge in [-0.05, 0) is 48.0 Å². The second kappa shape index (κ2) is 9.66. The van der Waals surface area contributed by atoms with E-state index in [0.717, 1.165) is 49.9 Å². The Morgan fingerprint density at radius 2 is 1.93 bits per heavy atom. The summed E-state index contributed by atoms with van der Waals surface area (Å²) in [6, 6.07) is 7.71. The normalized spacial score (nSPS) is 15.1. The molecule has 1 saturated heterocycles. The van der Waals surface area contributed by atoms with Crippen molar-refractivity contribution in [2.45, 2.75) is 26.3 Å². The van der Waals surface area contributed by atoms with E-state index in [1.165, 1.54) is 0 Å². The Hall–Kier alpha value is -2.19. The zero-order valence-electron chi connectivity index (χ0n) is 15.6. The van der Waals surface area contributed by atoms with E-state index < -0.39 is 0 Å². The Kier molecular flexibility index (Phi) is 7.00. The average molecular weight is 393 g/mol. The molecule has 27 heavy (non-hydrogen) atoms. The maximum absolute atomic E-state index is 12.1. The summed E-state index contributed by atoms with van der Waals surface area (Å²) in [4.78, 5) is 16.3. The van der Waals surface area contributed by atoms with Crippen LogP contribution in [-0.4, -0.2) is 74.6 Å². The molecule has 9 heteroatoms. The molecular formula is C18H25ClN6O2. The van der Waals surface area contributed by atoms with Crippen molar-refractivity contribution in [3.05, 3.63) is 30.1 Å². The van der Waals surface area contributed by atoms with E-state index in [1.807, 2.05) is 36.1 Å². The summed E-state index contributed by atoms with van der Waals surface area (Å²) in [7, 11) is 0. The fraction of sp³-hybridized carbons (Fsp3) is 0.556. The van der Waals surface area contributed by atoms with Crippen molar-refractivity contribution in [3.8, 4) is 11.4 Å². The summed E-state index contributed by atoms with van der Waals surface area (Å²) < 4.78 is 7.22. The number of hydrogen-bond donors (Lipinski definition) is 0. The number of rotatable bonds is 8. The monoisotopic (exact) mass is 392 g/mol. The number of aromatic nitrogens is 4. The molecule has 1 aliphatic heterocycles. The van der Waals surface area contributed by atoms with Crippen molar-refractivity contribution in [1.29, 1.82) is 0 Å². The van der Waals surface area contributed by atoms with E-state index >= 15 is 0 Å². The summed E-state index contributed by atoms with van der Waals surface area (Å²) in [6.45, 7) is 6.31. The first kappa shape index (κ1) is 19.6. The Morgan fingerprint density at radius 1 is 1.19 bits per heavy atom. The van der Waals surface area contributed by atoms with Crippen LogP contribution in [0.3, 0.4) is 0 Å². The fourth-order valence-corrected chi connectivity index (χ4v) is 3.22. The van der Waals surface area contributed by atoms with Gasteiger partial charge < -0.3 is 9.64 Å². The molecule has 0 spiro atoms. The average Bonchev–Trinajstić information content (AvgIpc) is 3.15. The first-order valence-corrected chi connectivity index (χ1v) is 9.81. The zero-order chi connectivity index (χ0) is 19.1. The van der Waals surface area contributed by atoms with Gasteiger partial charge >= 0.3 is 0 Å². The van der Waals surface area contributed by atoms with Gasteiger partial charge in [0.2, 0.25) is 5.91 Å². The molecule has 2 heterocycles. The number of halogens is 1. The van der Waals surface area contributed by atoms with Crippen LogP contribution in [0.4, 0.5) is 0 Å². The number of benzene rings is 1. The molecule has 1 fully saturated rings. The molecule has 2 aromatic rings. The molecule has 0 atom stereocenters. The second-order valence-electron chi connectivity index (χ2n) is 6.38. The van der Waals surface area contributed by atoms with Crippen LogP contribution < -0.4 is 4.74 Å². The maximum atomic E-state index is 12.1. The highest BCUT2D eigenvalue weighted by atomic mass is 35.5. The van der Waals surface area contributed by atoms with E-state index in [1.54, 1.807) is 4.68 Å². The molecule has 0 bridgehead atoms. The molecule has 0 N–H and O–H groups in total. The lowest BCUT2D eigenvalue weighted by atomic mass is 10.2. The molecular weight excluding hydrogens is 368 g/mol.